The molecule has 0 saturated heterocycles. The van der Waals surface area contributed by atoms with Crippen molar-refractivity contribution in [2.24, 2.45) is 0 Å². The Balaban J connectivity index is 1.31. The number of benzene rings is 2. The number of sulfone groups is 1. The predicted octanol–water partition coefficient (Wildman–Crippen LogP) is 2.55. The predicted molar refractivity (Wildman–Crippen MR) is 118 cm³/mol. The third-order valence-corrected chi connectivity index (χ3v) is 5.82. The van der Waals surface area contributed by atoms with Gasteiger partial charge in [-0.1, -0.05) is 47.7 Å². The second-order valence-corrected chi connectivity index (χ2v) is 8.87. The third-order valence-electron chi connectivity index (χ3n) is 4.50. The SMILES string of the molecule is O=C(CCS(=O)(=O)/C=C/c1ccccc1)Nc1cnn(Cn2nnc3ccccc32)c1. The summed E-state index contributed by atoms with van der Waals surface area (Å²) in [4.78, 5) is 12.2. The standard InChI is InChI=1S/C21H20N6O3S/c28-21(11-13-31(29,30)12-10-17-6-2-1-3-7-17)23-18-14-22-26(15-18)16-27-20-9-5-4-8-19(20)24-25-27/h1-10,12,14-15H,11,13,16H2,(H,23,28)/b12-10+. The van der Waals surface area contributed by atoms with E-state index in [1.165, 1.54) is 12.3 Å². The Hall–Kier alpha value is -3.79. The molecule has 0 atom stereocenters. The molecule has 0 bridgehead atoms. The summed E-state index contributed by atoms with van der Waals surface area (Å²) in [6.07, 6.45) is 4.52. The molecule has 9 nitrogen and oxygen atoms in total. The van der Waals surface area contributed by atoms with E-state index in [9.17, 15) is 13.2 Å². The fourth-order valence-corrected chi connectivity index (χ4v) is 3.91. The summed E-state index contributed by atoms with van der Waals surface area (Å²) in [5, 5.41) is 16.2. The Morgan fingerprint density at radius 3 is 2.68 bits per heavy atom. The zero-order valence-corrected chi connectivity index (χ0v) is 17.3. The van der Waals surface area contributed by atoms with Crippen LogP contribution in [0.15, 0.2) is 72.4 Å². The van der Waals surface area contributed by atoms with Gasteiger partial charge in [0.2, 0.25) is 5.91 Å². The van der Waals surface area contributed by atoms with E-state index in [1.807, 2.05) is 42.5 Å². The zero-order chi connectivity index (χ0) is 21.7. The first-order chi connectivity index (χ1) is 15.0. The van der Waals surface area contributed by atoms with Crippen LogP contribution in [0.4, 0.5) is 5.69 Å². The molecule has 1 amide bonds. The monoisotopic (exact) mass is 436 g/mol. The van der Waals surface area contributed by atoms with Crippen molar-refractivity contribution in [3.63, 3.8) is 0 Å². The van der Waals surface area contributed by atoms with Crippen molar-refractivity contribution in [2.45, 2.75) is 13.1 Å². The van der Waals surface area contributed by atoms with Gasteiger partial charge in [0, 0.05) is 11.8 Å². The summed E-state index contributed by atoms with van der Waals surface area (Å²) in [6, 6.07) is 16.7. The van der Waals surface area contributed by atoms with Crippen LogP contribution in [0.5, 0.6) is 0 Å². The number of aromatic nitrogens is 5. The van der Waals surface area contributed by atoms with Crippen LogP contribution in [0, 0.1) is 0 Å². The minimum absolute atomic E-state index is 0.152. The van der Waals surface area contributed by atoms with E-state index in [0.717, 1.165) is 22.0 Å². The molecule has 4 aromatic rings. The number of fused-ring (bicyclic) bond motifs is 1. The topological polar surface area (TPSA) is 112 Å². The lowest BCUT2D eigenvalue weighted by atomic mass is 10.2. The zero-order valence-electron chi connectivity index (χ0n) is 16.5. The minimum atomic E-state index is -3.50. The molecule has 1 N–H and O–H groups in total. The van der Waals surface area contributed by atoms with Crippen LogP contribution in [-0.2, 0) is 21.3 Å². The number of carbonyl (C=O) groups excluding carboxylic acids is 1. The maximum Gasteiger partial charge on any atom is 0.225 e. The molecule has 158 valence electrons. The highest BCUT2D eigenvalue weighted by molar-refractivity contribution is 7.94. The van der Waals surface area contributed by atoms with Gasteiger partial charge < -0.3 is 5.32 Å². The molecule has 4 rings (SSSR count). The van der Waals surface area contributed by atoms with Crippen molar-refractivity contribution >= 4 is 38.5 Å². The largest absolute Gasteiger partial charge is 0.323 e. The molecular weight excluding hydrogens is 416 g/mol. The van der Waals surface area contributed by atoms with Crippen molar-refractivity contribution in [2.75, 3.05) is 11.1 Å². The van der Waals surface area contributed by atoms with E-state index >= 15 is 0 Å². The van der Waals surface area contributed by atoms with E-state index in [4.69, 9.17) is 0 Å². The summed E-state index contributed by atoms with van der Waals surface area (Å²) in [6.45, 7) is 0.328. The molecule has 0 unspecified atom stereocenters. The average molecular weight is 436 g/mol. The highest BCUT2D eigenvalue weighted by atomic mass is 32.2. The van der Waals surface area contributed by atoms with Gasteiger partial charge in [0.15, 0.2) is 9.84 Å². The summed E-state index contributed by atoms with van der Waals surface area (Å²) in [7, 11) is -3.50. The van der Waals surface area contributed by atoms with Crippen LogP contribution >= 0.6 is 0 Å². The van der Waals surface area contributed by atoms with Gasteiger partial charge in [-0.15, -0.1) is 5.10 Å². The molecule has 0 aliphatic rings. The summed E-state index contributed by atoms with van der Waals surface area (Å²) in [5.41, 5.74) is 2.91. The van der Waals surface area contributed by atoms with E-state index in [-0.39, 0.29) is 12.2 Å². The van der Waals surface area contributed by atoms with Gasteiger partial charge in [0.25, 0.3) is 0 Å². The second-order valence-electron chi connectivity index (χ2n) is 6.87. The maximum absolute atomic E-state index is 12.2. The number of nitrogens with one attached hydrogen (secondary N) is 1. The minimum Gasteiger partial charge on any atom is -0.323 e. The van der Waals surface area contributed by atoms with Gasteiger partial charge in [0.1, 0.15) is 12.2 Å². The van der Waals surface area contributed by atoms with E-state index in [0.29, 0.717) is 12.4 Å². The molecule has 0 fully saturated rings. The molecule has 0 aliphatic carbocycles. The Labute approximate surface area is 178 Å². The van der Waals surface area contributed by atoms with Crippen molar-refractivity contribution in [3.8, 4) is 0 Å². The molecule has 31 heavy (non-hydrogen) atoms. The van der Waals surface area contributed by atoms with Crippen LogP contribution in [0.25, 0.3) is 17.1 Å². The van der Waals surface area contributed by atoms with Gasteiger partial charge in [-0.05, 0) is 23.8 Å². The average Bonchev–Trinajstić information content (AvgIpc) is 3.39. The third kappa shape index (κ3) is 5.43. The highest BCUT2D eigenvalue weighted by Crippen LogP contribution is 2.12. The highest BCUT2D eigenvalue weighted by Gasteiger charge is 2.12. The number of para-hydroxylation sites is 1. The lowest BCUT2D eigenvalue weighted by Gasteiger charge is -2.03. The number of anilines is 1. The first kappa shape index (κ1) is 20.5. The van der Waals surface area contributed by atoms with Crippen LogP contribution in [-0.4, -0.2) is 44.9 Å². The quantitative estimate of drug-likeness (QED) is 0.454. The number of amides is 1. The molecule has 2 aromatic heterocycles. The van der Waals surface area contributed by atoms with E-state index in [1.54, 1.807) is 27.7 Å². The molecule has 10 heteroatoms. The fourth-order valence-electron chi connectivity index (χ4n) is 2.94. The number of carbonyl (C=O) groups is 1. The van der Waals surface area contributed by atoms with E-state index < -0.39 is 15.7 Å². The van der Waals surface area contributed by atoms with Crippen molar-refractivity contribution < 1.29 is 13.2 Å². The van der Waals surface area contributed by atoms with Gasteiger partial charge in [-0.2, -0.15) is 5.10 Å². The summed E-state index contributed by atoms with van der Waals surface area (Å²) in [5.74, 6) is -0.677. The van der Waals surface area contributed by atoms with Crippen LogP contribution in [0.3, 0.4) is 0 Å². The lowest BCUT2D eigenvalue weighted by molar-refractivity contribution is -0.115. The van der Waals surface area contributed by atoms with E-state index in [2.05, 4.69) is 20.7 Å². The molecular formula is C21H20N6O3S. The summed E-state index contributed by atoms with van der Waals surface area (Å²) < 4.78 is 27.6. The van der Waals surface area contributed by atoms with Crippen molar-refractivity contribution in [3.05, 3.63) is 78.0 Å². The Bertz CT molecular complexity index is 1330. The van der Waals surface area contributed by atoms with Gasteiger partial charge in [0.05, 0.1) is 29.4 Å². The van der Waals surface area contributed by atoms with Crippen LogP contribution in [0.1, 0.15) is 12.0 Å². The maximum atomic E-state index is 12.2. The number of rotatable bonds is 8. The Kier molecular flexibility index (Phi) is 5.89. The lowest BCUT2D eigenvalue weighted by Crippen LogP contribution is -2.16. The molecule has 2 aromatic carbocycles. The van der Waals surface area contributed by atoms with Gasteiger partial charge >= 0.3 is 0 Å². The van der Waals surface area contributed by atoms with Crippen molar-refractivity contribution in [1.29, 1.82) is 0 Å². The smallest absolute Gasteiger partial charge is 0.225 e. The van der Waals surface area contributed by atoms with Crippen LogP contribution in [0.2, 0.25) is 0 Å². The first-order valence-corrected chi connectivity index (χ1v) is 11.3. The molecule has 0 aliphatic heterocycles. The molecule has 2 heterocycles. The number of hydrogen-bond donors (Lipinski definition) is 1. The van der Waals surface area contributed by atoms with Crippen molar-refractivity contribution in [1.82, 2.24) is 24.8 Å². The van der Waals surface area contributed by atoms with Gasteiger partial charge in [-0.3, -0.25) is 4.79 Å². The Morgan fingerprint density at radius 1 is 1.06 bits per heavy atom. The van der Waals surface area contributed by atoms with Gasteiger partial charge in [-0.25, -0.2) is 17.8 Å². The number of hydrogen-bond acceptors (Lipinski definition) is 6. The normalized spacial score (nSPS) is 11.9. The summed E-state index contributed by atoms with van der Waals surface area (Å²) >= 11 is 0. The van der Waals surface area contributed by atoms with Crippen LogP contribution < -0.4 is 5.32 Å². The number of nitrogens with zero attached hydrogens (tertiary/aromatic N) is 5. The first-order valence-electron chi connectivity index (χ1n) is 9.55. The second kappa shape index (κ2) is 8.92. The molecule has 0 radical (unpaired) electrons. The molecule has 0 spiro atoms. The molecule has 0 saturated carbocycles. The Morgan fingerprint density at radius 2 is 1.84 bits per heavy atom. The fraction of sp³-hybridized carbons (Fsp3) is 0.143.